The second kappa shape index (κ2) is 7.44. The molecule has 0 bridgehead atoms. The molecule has 0 radical (unpaired) electrons. The highest BCUT2D eigenvalue weighted by atomic mass is 32.2. The highest BCUT2D eigenvalue weighted by molar-refractivity contribution is 8.00. The number of thioether (sulfide) groups is 1. The second-order valence-corrected chi connectivity index (χ2v) is 8.82. The summed E-state index contributed by atoms with van der Waals surface area (Å²) in [7, 11) is 0. The minimum absolute atomic E-state index is 0.123. The van der Waals surface area contributed by atoms with Gasteiger partial charge < -0.3 is 10.4 Å². The third-order valence-electron chi connectivity index (χ3n) is 6.13. The summed E-state index contributed by atoms with van der Waals surface area (Å²) in [5, 5.41) is 13.0. The number of alkyl halides is 3. The van der Waals surface area contributed by atoms with Crippen LogP contribution in [0.5, 0.6) is 0 Å². The van der Waals surface area contributed by atoms with Gasteiger partial charge in [0.05, 0.1) is 17.2 Å². The fourth-order valence-electron chi connectivity index (χ4n) is 4.62. The number of halogens is 3. The van der Waals surface area contributed by atoms with Gasteiger partial charge in [0.15, 0.2) is 0 Å². The lowest BCUT2D eigenvalue weighted by atomic mass is 9.77. The van der Waals surface area contributed by atoms with E-state index in [1.54, 1.807) is 0 Å². The van der Waals surface area contributed by atoms with Crippen LogP contribution in [-0.4, -0.2) is 34.4 Å². The molecule has 2 saturated carbocycles. The number of hydrogen-bond acceptors (Lipinski definition) is 3. The van der Waals surface area contributed by atoms with E-state index in [4.69, 9.17) is 5.11 Å². The smallest absolute Gasteiger partial charge is 0.391 e. The van der Waals surface area contributed by atoms with Gasteiger partial charge in [0, 0.05) is 11.8 Å². The summed E-state index contributed by atoms with van der Waals surface area (Å²) in [5.41, 5.74) is 0. The van der Waals surface area contributed by atoms with Crippen LogP contribution in [0.2, 0.25) is 0 Å². The van der Waals surface area contributed by atoms with Crippen molar-refractivity contribution in [3.63, 3.8) is 0 Å². The SMILES string of the molecule is O=C(O)C1CCC(C2NC(C3CCCC(C(F)(F)F)C3)CS2)CC1. The van der Waals surface area contributed by atoms with Crippen molar-refractivity contribution < 1.29 is 23.1 Å². The van der Waals surface area contributed by atoms with Crippen molar-refractivity contribution >= 4 is 17.7 Å². The molecule has 7 heteroatoms. The van der Waals surface area contributed by atoms with Gasteiger partial charge in [-0.15, -0.1) is 11.8 Å². The summed E-state index contributed by atoms with van der Waals surface area (Å²) >= 11 is 1.83. The highest BCUT2D eigenvalue weighted by Crippen LogP contribution is 2.44. The van der Waals surface area contributed by atoms with Crippen molar-refractivity contribution in [2.45, 2.75) is 69.0 Å². The largest absolute Gasteiger partial charge is 0.481 e. The van der Waals surface area contributed by atoms with Gasteiger partial charge in [0.1, 0.15) is 0 Å². The molecule has 0 aromatic rings. The van der Waals surface area contributed by atoms with Crippen LogP contribution in [0.15, 0.2) is 0 Å². The maximum atomic E-state index is 13.0. The fourth-order valence-corrected chi connectivity index (χ4v) is 6.22. The van der Waals surface area contributed by atoms with Gasteiger partial charge in [-0.2, -0.15) is 13.2 Å². The molecule has 3 nitrogen and oxygen atoms in total. The molecule has 2 aliphatic carbocycles. The van der Waals surface area contributed by atoms with E-state index < -0.39 is 18.1 Å². The van der Waals surface area contributed by atoms with Crippen molar-refractivity contribution in [2.24, 2.45) is 23.7 Å². The predicted molar refractivity (Wildman–Crippen MR) is 87.8 cm³/mol. The first-order valence-electron chi connectivity index (χ1n) is 9.01. The van der Waals surface area contributed by atoms with Gasteiger partial charge in [-0.25, -0.2) is 0 Å². The van der Waals surface area contributed by atoms with E-state index in [1.165, 1.54) is 0 Å². The lowest BCUT2D eigenvalue weighted by Crippen LogP contribution is -2.43. The first-order valence-corrected chi connectivity index (χ1v) is 10.1. The summed E-state index contributed by atoms with van der Waals surface area (Å²) < 4.78 is 39.0. The van der Waals surface area contributed by atoms with Crippen LogP contribution in [0.3, 0.4) is 0 Å². The van der Waals surface area contributed by atoms with Gasteiger partial charge in [-0.05, 0) is 56.8 Å². The summed E-state index contributed by atoms with van der Waals surface area (Å²) in [6.45, 7) is 0. The molecule has 0 aromatic carbocycles. The lowest BCUT2D eigenvalue weighted by molar-refractivity contribution is -0.186. The molecule has 1 heterocycles. The van der Waals surface area contributed by atoms with E-state index in [0.29, 0.717) is 12.3 Å². The van der Waals surface area contributed by atoms with E-state index >= 15 is 0 Å². The monoisotopic (exact) mass is 365 g/mol. The Morgan fingerprint density at radius 1 is 1.04 bits per heavy atom. The predicted octanol–water partition coefficient (Wildman–Crippen LogP) is 4.28. The van der Waals surface area contributed by atoms with Crippen LogP contribution in [0.1, 0.15) is 51.4 Å². The molecule has 3 aliphatic rings. The summed E-state index contributed by atoms with van der Waals surface area (Å²) in [5.74, 6) is -0.573. The minimum atomic E-state index is -4.06. The summed E-state index contributed by atoms with van der Waals surface area (Å²) in [4.78, 5) is 11.0. The zero-order valence-electron chi connectivity index (χ0n) is 13.7. The molecular weight excluding hydrogens is 339 g/mol. The fraction of sp³-hybridized carbons (Fsp3) is 0.941. The average molecular weight is 365 g/mol. The van der Waals surface area contributed by atoms with Crippen molar-refractivity contribution in [1.82, 2.24) is 5.32 Å². The maximum absolute atomic E-state index is 13.0. The number of hydrogen-bond donors (Lipinski definition) is 2. The molecule has 4 unspecified atom stereocenters. The number of carboxylic acid groups (broad SMARTS) is 1. The van der Waals surface area contributed by atoms with Crippen LogP contribution < -0.4 is 5.32 Å². The van der Waals surface area contributed by atoms with E-state index in [1.807, 2.05) is 11.8 Å². The molecule has 3 rings (SSSR count). The molecule has 1 aliphatic heterocycles. The quantitative estimate of drug-likeness (QED) is 0.784. The van der Waals surface area contributed by atoms with Gasteiger partial charge in [-0.3, -0.25) is 4.79 Å². The van der Waals surface area contributed by atoms with Gasteiger partial charge >= 0.3 is 12.1 Å². The third-order valence-corrected chi connectivity index (χ3v) is 7.56. The van der Waals surface area contributed by atoms with Crippen molar-refractivity contribution in [3.8, 4) is 0 Å². The Bertz CT molecular complexity index is 452. The van der Waals surface area contributed by atoms with E-state index in [0.717, 1.165) is 37.9 Å². The molecule has 0 aromatic heterocycles. The first kappa shape index (κ1) is 18.4. The van der Waals surface area contributed by atoms with Crippen molar-refractivity contribution in [2.75, 3.05) is 5.75 Å². The molecule has 1 saturated heterocycles. The Hall–Kier alpha value is -0.430. The van der Waals surface area contributed by atoms with Crippen molar-refractivity contribution in [3.05, 3.63) is 0 Å². The Kier molecular flexibility index (Phi) is 5.69. The number of aliphatic carboxylic acids is 1. The summed E-state index contributed by atoms with van der Waals surface area (Å²) in [6.07, 6.45) is 1.32. The third kappa shape index (κ3) is 4.21. The van der Waals surface area contributed by atoms with Crippen molar-refractivity contribution in [1.29, 1.82) is 0 Å². The first-order chi connectivity index (χ1) is 11.3. The zero-order chi connectivity index (χ0) is 17.3. The number of carboxylic acids is 1. The van der Waals surface area contributed by atoms with Crippen LogP contribution in [0.25, 0.3) is 0 Å². The van der Waals surface area contributed by atoms with Crippen LogP contribution in [-0.2, 0) is 4.79 Å². The minimum Gasteiger partial charge on any atom is -0.481 e. The molecule has 24 heavy (non-hydrogen) atoms. The normalized spacial score (nSPS) is 41.3. The second-order valence-electron chi connectivity index (χ2n) is 7.64. The number of nitrogens with one attached hydrogen (secondary N) is 1. The van der Waals surface area contributed by atoms with E-state index in [2.05, 4.69) is 5.32 Å². The van der Waals surface area contributed by atoms with Crippen LogP contribution in [0.4, 0.5) is 13.2 Å². The van der Waals surface area contributed by atoms with Gasteiger partial charge in [0.2, 0.25) is 0 Å². The number of carbonyl (C=O) groups is 1. The van der Waals surface area contributed by atoms with Gasteiger partial charge in [0.25, 0.3) is 0 Å². The zero-order valence-corrected chi connectivity index (χ0v) is 14.5. The highest BCUT2D eigenvalue weighted by Gasteiger charge is 2.45. The molecule has 0 spiro atoms. The van der Waals surface area contributed by atoms with E-state index in [9.17, 15) is 18.0 Å². The van der Waals surface area contributed by atoms with Gasteiger partial charge in [-0.1, -0.05) is 6.42 Å². The Morgan fingerprint density at radius 3 is 2.38 bits per heavy atom. The standard InChI is InChI=1S/C17H26F3NO2S/c18-17(19,20)13-3-1-2-12(8-13)14-9-24-15(21-14)10-4-6-11(7-5-10)16(22)23/h10-15,21H,1-9H2,(H,22,23). The summed E-state index contributed by atoms with van der Waals surface area (Å²) in [6, 6.07) is 0.183. The molecule has 0 amide bonds. The topological polar surface area (TPSA) is 49.3 Å². The molecule has 4 atom stereocenters. The lowest BCUT2D eigenvalue weighted by Gasteiger charge is -2.35. The Morgan fingerprint density at radius 2 is 1.75 bits per heavy atom. The number of rotatable bonds is 3. The van der Waals surface area contributed by atoms with Crippen LogP contribution in [0, 0.1) is 23.7 Å². The molecular formula is C17H26F3NO2S. The van der Waals surface area contributed by atoms with E-state index in [-0.39, 0.29) is 36.1 Å². The Labute approximate surface area is 145 Å². The molecule has 2 N–H and O–H groups in total. The Balaban J connectivity index is 1.50. The molecule has 138 valence electrons. The van der Waals surface area contributed by atoms with Crippen LogP contribution >= 0.6 is 11.8 Å². The maximum Gasteiger partial charge on any atom is 0.391 e. The average Bonchev–Trinajstić information content (AvgIpc) is 3.04. The molecule has 3 fully saturated rings.